The van der Waals surface area contributed by atoms with Crippen LogP contribution in [0.15, 0.2) is 11.6 Å². The first-order chi connectivity index (χ1) is 15.8. The van der Waals surface area contributed by atoms with E-state index in [-0.39, 0.29) is 39.1 Å². The zero-order valence-electron chi connectivity index (χ0n) is 23.2. The topological polar surface area (TPSA) is 46.5 Å². The number of rotatable bonds is 1. The van der Waals surface area contributed by atoms with E-state index in [2.05, 4.69) is 54.5 Å². The molecular weight excluding hydrogens is 420 g/mol. The molecule has 0 radical (unpaired) electrons. The number of hydrogen-bond donors (Lipinski definition) is 1. The van der Waals surface area contributed by atoms with E-state index < -0.39 is 0 Å². The molecule has 4 saturated carbocycles. The van der Waals surface area contributed by atoms with Crippen LogP contribution < -0.4 is 0 Å². The molecule has 0 aliphatic heterocycles. The summed E-state index contributed by atoms with van der Waals surface area (Å²) >= 11 is 0. The first kappa shape index (κ1) is 24.8. The summed E-state index contributed by atoms with van der Waals surface area (Å²) in [6.07, 6.45) is 12.3. The van der Waals surface area contributed by atoms with Crippen molar-refractivity contribution in [2.24, 2.45) is 56.7 Å². The summed E-state index contributed by atoms with van der Waals surface area (Å²) in [6.45, 7) is 17.2. The molecule has 34 heavy (non-hydrogen) atoms. The quantitative estimate of drug-likeness (QED) is 0.326. The number of fused-ring (bicyclic) bond motifs is 7. The van der Waals surface area contributed by atoms with Crippen LogP contribution in [0.1, 0.15) is 106 Å². The molecule has 4 fully saturated rings. The first-order valence-corrected chi connectivity index (χ1v) is 14.3. The van der Waals surface area contributed by atoms with Crippen molar-refractivity contribution in [1.82, 2.24) is 0 Å². The van der Waals surface area contributed by atoms with E-state index in [0.29, 0.717) is 29.6 Å². The van der Waals surface area contributed by atoms with Crippen molar-refractivity contribution in [3.8, 4) is 0 Å². The normalized spacial score (nSPS) is 54.0. The van der Waals surface area contributed by atoms with Gasteiger partial charge in [0.05, 0.1) is 18.6 Å². The molecule has 3 nitrogen and oxygen atoms in total. The predicted molar refractivity (Wildman–Crippen MR) is 137 cm³/mol. The average molecular weight is 471 g/mol. The number of carbonyl (C=O) groups is 1. The molecule has 0 amide bonds. The van der Waals surface area contributed by atoms with Gasteiger partial charge < -0.3 is 9.84 Å². The van der Waals surface area contributed by atoms with Crippen LogP contribution in [-0.4, -0.2) is 24.3 Å². The molecule has 5 aliphatic rings. The van der Waals surface area contributed by atoms with Crippen LogP contribution in [0.25, 0.3) is 0 Å². The van der Waals surface area contributed by atoms with Crippen molar-refractivity contribution in [2.45, 2.75) is 112 Å². The Morgan fingerprint density at radius 3 is 2.32 bits per heavy atom. The molecule has 0 aromatic heterocycles. The summed E-state index contributed by atoms with van der Waals surface area (Å²) in [4.78, 5) is 13.4. The van der Waals surface area contributed by atoms with Gasteiger partial charge in [-0.15, -0.1) is 0 Å². The van der Waals surface area contributed by atoms with Gasteiger partial charge in [-0.05, 0) is 109 Å². The van der Waals surface area contributed by atoms with Gasteiger partial charge in [-0.3, -0.25) is 4.79 Å². The summed E-state index contributed by atoms with van der Waals surface area (Å²) in [7, 11) is 1.60. The Balaban J connectivity index is 1.61. The molecule has 192 valence electrons. The van der Waals surface area contributed by atoms with Crippen LogP contribution in [0.2, 0.25) is 0 Å². The minimum Gasteiger partial charge on any atom is -0.469 e. The average Bonchev–Trinajstić information content (AvgIpc) is 2.79. The highest BCUT2D eigenvalue weighted by atomic mass is 16.5. The molecular formula is C31H50O3. The fraction of sp³-hybridized carbons (Fsp3) is 0.903. The van der Waals surface area contributed by atoms with Crippen LogP contribution in [0.4, 0.5) is 0 Å². The highest BCUT2D eigenvalue weighted by Crippen LogP contribution is 2.75. The van der Waals surface area contributed by atoms with Gasteiger partial charge >= 0.3 is 5.97 Å². The van der Waals surface area contributed by atoms with Crippen molar-refractivity contribution in [2.75, 3.05) is 7.11 Å². The van der Waals surface area contributed by atoms with E-state index in [9.17, 15) is 9.90 Å². The maximum atomic E-state index is 13.4. The van der Waals surface area contributed by atoms with E-state index >= 15 is 0 Å². The Morgan fingerprint density at radius 2 is 1.65 bits per heavy atom. The van der Waals surface area contributed by atoms with Gasteiger partial charge in [0.1, 0.15) is 0 Å². The standard InChI is InChI=1S/C31H50O3/c1-19-11-16-31(26(33)34-8)18-17-29(6)21(25(31)20(19)2)9-10-23-28(5)14-13-24(32)27(3,4)22(28)12-15-30(23,29)7/h9,19-20,22-25,32H,10-18H2,1-8H3/t19-,20+,22+,23-,24-,25+,28+,29-,30-,31+/m1/s1. The third-order valence-electron chi connectivity index (χ3n) is 13.6. The van der Waals surface area contributed by atoms with Crippen molar-refractivity contribution in [3.05, 3.63) is 11.6 Å². The zero-order chi connectivity index (χ0) is 24.9. The molecule has 0 bridgehead atoms. The second-order valence-electron chi connectivity index (χ2n) is 14.7. The minimum atomic E-state index is -0.326. The zero-order valence-corrected chi connectivity index (χ0v) is 23.2. The number of esters is 1. The van der Waals surface area contributed by atoms with Gasteiger partial charge in [0.25, 0.3) is 0 Å². The molecule has 5 rings (SSSR count). The van der Waals surface area contributed by atoms with Gasteiger partial charge in [0.2, 0.25) is 0 Å². The fourth-order valence-corrected chi connectivity index (χ4v) is 11.0. The molecule has 0 saturated heterocycles. The van der Waals surface area contributed by atoms with E-state index in [1.165, 1.54) is 12.8 Å². The van der Waals surface area contributed by atoms with E-state index in [1.54, 1.807) is 12.7 Å². The van der Waals surface area contributed by atoms with Crippen LogP contribution >= 0.6 is 0 Å². The monoisotopic (exact) mass is 470 g/mol. The second kappa shape index (κ2) is 7.59. The largest absolute Gasteiger partial charge is 0.469 e. The Bertz CT molecular complexity index is 889. The maximum Gasteiger partial charge on any atom is 0.312 e. The smallest absolute Gasteiger partial charge is 0.312 e. The van der Waals surface area contributed by atoms with Gasteiger partial charge in [0.15, 0.2) is 0 Å². The van der Waals surface area contributed by atoms with Crippen LogP contribution in [-0.2, 0) is 9.53 Å². The van der Waals surface area contributed by atoms with Crippen LogP contribution in [0, 0.1) is 56.7 Å². The van der Waals surface area contributed by atoms with E-state index in [0.717, 1.165) is 44.9 Å². The Hall–Kier alpha value is -0.830. The minimum absolute atomic E-state index is 0.0147. The van der Waals surface area contributed by atoms with Crippen molar-refractivity contribution < 1.29 is 14.6 Å². The molecule has 0 spiro atoms. The molecule has 10 atom stereocenters. The lowest BCUT2D eigenvalue weighted by molar-refractivity contribution is -0.207. The van der Waals surface area contributed by atoms with Gasteiger partial charge in [-0.2, -0.15) is 0 Å². The van der Waals surface area contributed by atoms with Gasteiger partial charge in [-0.25, -0.2) is 0 Å². The van der Waals surface area contributed by atoms with Crippen LogP contribution in [0.3, 0.4) is 0 Å². The molecule has 0 unspecified atom stereocenters. The lowest BCUT2D eigenvalue weighted by Crippen LogP contribution is -2.65. The Kier molecular flexibility index (Phi) is 5.55. The summed E-state index contributed by atoms with van der Waals surface area (Å²) in [5.74, 6) is 2.73. The lowest BCUT2D eigenvalue weighted by Gasteiger charge is -2.71. The third-order valence-corrected chi connectivity index (χ3v) is 13.6. The molecule has 5 aliphatic carbocycles. The number of aliphatic hydroxyl groups excluding tert-OH is 1. The number of hydrogen-bond acceptors (Lipinski definition) is 3. The second-order valence-corrected chi connectivity index (χ2v) is 14.7. The fourth-order valence-electron chi connectivity index (χ4n) is 11.0. The number of methoxy groups -OCH3 is 1. The number of aliphatic hydroxyl groups is 1. The predicted octanol–water partition coefficient (Wildman–Crippen LogP) is 7.18. The summed E-state index contributed by atoms with van der Waals surface area (Å²) in [5.41, 5.74) is 1.91. The molecule has 0 aromatic carbocycles. The molecule has 1 N–H and O–H groups in total. The molecule has 0 heterocycles. The summed E-state index contributed by atoms with van der Waals surface area (Å²) in [5, 5.41) is 10.9. The highest BCUT2D eigenvalue weighted by Gasteiger charge is 2.69. The van der Waals surface area contributed by atoms with Gasteiger partial charge in [0, 0.05) is 0 Å². The third kappa shape index (κ3) is 2.83. The molecule has 3 heteroatoms. The van der Waals surface area contributed by atoms with Crippen molar-refractivity contribution in [1.29, 1.82) is 0 Å². The number of carbonyl (C=O) groups excluding carboxylic acids is 1. The van der Waals surface area contributed by atoms with Gasteiger partial charge in [-0.1, -0.05) is 60.1 Å². The van der Waals surface area contributed by atoms with Crippen molar-refractivity contribution >= 4 is 5.97 Å². The maximum absolute atomic E-state index is 13.4. The Morgan fingerprint density at radius 1 is 0.941 bits per heavy atom. The number of ether oxygens (including phenoxy) is 1. The SMILES string of the molecule is COC(=O)[C@]12CC[C@@H](C)[C@H](C)[C@H]1C1=CC[C@@H]3[C@@]4(C)CC[C@@H](O)C(C)(C)[C@@H]4CC[C@@]3(C)[C@]1(C)CC2. The van der Waals surface area contributed by atoms with E-state index in [1.807, 2.05) is 0 Å². The van der Waals surface area contributed by atoms with E-state index in [4.69, 9.17) is 4.74 Å². The highest BCUT2D eigenvalue weighted by molar-refractivity contribution is 5.78. The lowest BCUT2D eigenvalue weighted by atomic mass is 9.33. The first-order valence-electron chi connectivity index (χ1n) is 14.3. The Labute approximate surface area is 208 Å². The number of allylic oxidation sites excluding steroid dienone is 2. The van der Waals surface area contributed by atoms with Crippen LogP contribution in [0.5, 0.6) is 0 Å². The van der Waals surface area contributed by atoms with Crippen molar-refractivity contribution in [3.63, 3.8) is 0 Å². The summed E-state index contributed by atoms with van der Waals surface area (Å²) in [6, 6.07) is 0. The summed E-state index contributed by atoms with van der Waals surface area (Å²) < 4.78 is 5.51. The molecule has 0 aromatic rings.